The lowest BCUT2D eigenvalue weighted by molar-refractivity contribution is -0.118. The highest BCUT2D eigenvalue weighted by Crippen LogP contribution is 2.39. The van der Waals surface area contributed by atoms with Gasteiger partial charge in [-0.25, -0.2) is 4.68 Å². The number of para-hydroxylation sites is 1. The van der Waals surface area contributed by atoms with E-state index in [1.807, 2.05) is 6.07 Å². The molecule has 0 unspecified atom stereocenters. The molecule has 4 rings (SSSR count). The van der Waals surface area contributed by atoms with Gasteiger partial charge in [0.15, 0.2) is 17.9 Å². The summed E-state index contributed by atoms with van der Waals surface area (Å²) in [7, 11) is 0. The maximum absolute atomic E-state index is 12.9. The lowest BCUT2D eigenvalue weighted by Crippen LogP contribution is -2.19. The van der Waals surface area contributed by atoms with Crippen LogP contribution in [0.2, 0.25) is 0 Å². The number of amides is 2. The molecule has 33 heavy (non-hydrogen) atoms. The van der Waals surface area contributed by atoms with Crippen LogP contribution in [0.1, 0.15) is 20.7 Å². The van der Waals surface area contributed by atoms with Crippen LogP contribution in [0.3, 0.4) is 0 Å². The van der Waals surface area contributed by atoms with Gasteiger partial charge < -0.3 is 16.2 Å². The van der Waals surface area contributed by atoms with Crippen LogP contribution in [0.5, 0.6) is 5.75 Å². The number of anilines is 1. The number of phenols is 1. The largest absolute Gasteiger partial charge is 0.505 e. The third-order valence-corrected chi connectivity index (χ3v) is 4.79. The van der Waals surface area contributed by atoms with Crippen LogP contribution in [0.25, 0.3) is 10.8 Å². The van der Waals surface area contributed by atoms with Crippen molar-refractivity contribution >= 4 is 46.1 Å². The van der Waals surface area contributed by atoms with Crippen molar-refractivity contribution in [2.24, 2.45) is 16.0 Å². The van der Waals surface area contributed by atoms with Crippen LogP contribution < -0.4 is 11.1 Å². The number of aldehydes is 1. The maximum atomic E-state index is 12.9. The highest BCUT2D eigenvalue weighted by molar-refractivity contribution is 6.11. The van der Waals surface area contributed by atoms with Gasteiger partial charge in [-0.1, -0.05) is 42.5 Å². The number of carbonyl (C=O) groups excluding carboxylic acids is 3. The van der Waals surface area contributed by atoms with Gasteiger partial charge in [-0.15, -0.1) is 10.2 Å². The Morgan fingerprint density at radius 3 is 2.55 bits per heavy atom. The number of aromatic hydroxyl groups is 1. The van der Waals surface area contributed by atoms with Gasteiger partial charge in [0.2, 0.25) is 5.91 Å². The molecule has 3 aromatic carbocycles. The SMILES string of the molecule is NC(=O)Cn1ncc(C=O)c1/N=N/c1c(O)c(C(=O)Nc2ccccc2)cc2ccccc12. The Labute approximate surface area is 187 Å². The third kappa shape index (κ3) is 4.44. The van der Waals surface area contributed by atoms with Crippen LogP contribution in [-0.4, -0.2) is 33.0 Å². The van der Waals surface area contributed by atoms with Crippen LogP contribution >= 0.6 is 0 Å². The van der Waals surface area contributed by atoms with E-state index in [1.165, 1.54) is 6.20 Å². The zero-order valence-corrected chi connectivity index (χ0v) is 17.2. The number of rotatable bonds is 7. The molecule has 0 aliphatic carbocycles. The number of primary amides is 1. The van der Waals surface area contributed by atoms with Crippen molar-refractivity contribution in [3.63, 3.8) is 0 Å². The molecular formula is C23H18N6O4. The van der Waals surface area contributed by atoms with Crippen molar-refractivity contribution in [2.75, 3.05) is 5.32 Å². The Hall–Kier alpha value is -4.86. The van der Waals surface area contributed by atoms with Gasteiger partial charge in [-0.3, -0.25) is 14.4 Å². The number of azo groups is 1. The molecule has 0 atom stereocenters. The molecule has 0 aliphatic rings. The summed E-state index contributed by atoms with van der Waals surface area (Å²) >= 11 is 0. The normalized spacial score (nSPS) is 11.0. The molecule has 0 saturated carbocycles. The molecule has 4 aromatic rings. The van der Waals surface area contributed by atoms with E-state index in [4.69, 9.17) is 5.73 Å². The second-order valence-corrected chi connectivity index (χ2v) is 7.03. The van der Waals surface area contributed by atoms with E-state index in [1.54, 1.807) is 54.6 Å². The number of carbonyl (C=O) groups is 3. The summed E-state index contributed by atoms with van der Waals surface area (Å²) in [4.78, 5) is 35.6. The Morgan fingerprint density at radius 1 is 1.09 bits per heavy atom. The maximum Gasteiger partial charge on any atom is 0.259 e. The molecule has 164 valence electrons. The Bertz CT molecular complexity index is 1400. The average Bonchev–Trinajstić information content (AvgIpc) is 3.19. The summed E-state index contributed by atoms with van der Waals surface area (Å²) in [5.74, 6) is -1.61. The smallest absolute Gasteiger partial charge is 0.259 e. The Kier molecular flexibility index (Phi) is 5.90. The number of nitrogens with two attached hydrogens (primary N) is 1. The monoisotopic (exact) mass is 442 g/mol. The van der Waals surface area contributed by atoms with E-state index in [-0.39, 0.29) is 34.9 Å². The molecule has 2 amide bonds. The predicted octanol–water partition coefficient (Wildman–Crippen LogP) is 3.71. The lowest BCUT2D eigenvalue weighted by Gasteiger charge is -2.11. The van der Waals surface area contributed by atoms with Crippen molar-refractivity contribution in [3.05, 3.63) is 78.0 Å². The van der Waals surface area contributed by atoms with Crippen LogP contribution in [0, 0.1) is 0 Å². The first-order valence-electron chi connectivity index (χ1n) is 9.80. The first-order chi connectivity index (χ1) is 16.0. The summed E-state index contributed by atoms with van der Waals surface area (Å²) < 4.78 is 1.13. The van der Waals surface area contributed by atoms with Gasteiger partial charge in [0.05, 0.1) is 17.3 Å². The number of fused-ring (bicyclic) bond motifs is 1. The lowest BCUT2D eigenvalue weighted by atomic mass is 10.0. The second kappa shape index (κ2) is 9.10. The Balaban J connectivity index is 1.80. The predicted molar refractivity (Wildman–Crippen MR) is 121 cm³/mol. The number of hydrogen-bond donors (Lipinski definition) is 3. The van der Waals surface area contributed by atoms with Crippen molar-refractivity contribution < 1.29 is 19.5 Å². The number of aromatic nitrogens is 2. The molecule has 1 heterocycles. The number of phenolic OH excluding ortho intramolecular Hbond substituents is 1. The van der Waals surface area contributed by atoms with E-state index in [0.717, 1.165) is 4.68 Å². The number of nitrogens with one attached hydrogen (secondary N) is 1. The second-order valence-electron chi connectivity index (χ2n) is 7.03. The molecule has 0 aliphatic heterocycles. The van der Waals surface area contributed by atoms with E-state index >= 15 is 0 Å². The first-order valence-corrected chi connectivity index (χ1v) is 9.80. The van der Waals surface area contributed by atoms with E-state index in [9.17, 15) is 19.5 Å². The molecule has 0 radical (unpaired) electrons. The minimum Gasteiger partial charge on any atom is -0.505 e. The van der Waals surface area contributed by atoms with E-state index < -0.39 is 11.8 Å². The molecule has 0 saturated heterocycles. The van der Waals surface area contributed by atoms with Gasteiger partial charge in [0.1, 0.15) is 12.2 Å². The summed E-state index contributed by atoms with van der Waals surface area (Å²) in [6.07, 6.45) is 1.74. The summed E-state index contributed by atoms with van der Waals surface area (Å²) in [6.45, 7) is -0.311. The molecule has 4 N–H and O–H groups in total. The van der Waals surface area contributed by atoms with Crippen molar-refractivity contribution in [1.82, 2.24) is 9.78 Å². The molecule has 10 nitrogen and oxygen atoms in total. The molecule has 1 aromatic heterocycles. The van der Waals surface area contributed by atoms with Crippen molar-refractivity contribution in [2.45, 2.75) is 6.54 Å². The quantitative estimate of drug-likeness (QED) is 0.294. The van der Waals surface area contributed by atoms with Gasteiger partial charge >= 0.3 is 0 Å². The highest BCUT2D eigenvalue weighted by Gasteiger charge is 2.19. The third-order valence-electron chi connectivity index (χ3n) is 4.79. The zero-order chi connectivity index (χ0) is 23.4. The standard InChI is InChI=1S/C23H18N6O4/c24-19(31)12-29-22(15(13-30)11-25-29)28-27-20-17-9-5-4-6-14(17)10-18(21(20)32)23(33)26-16-7-2-1-3-8-16/h1-11,13,32H,12H2,(H2,24,31)(H,26,33)/b28-27+. The van der Waals surface area contributed by atoms with Gasteiger partial charge in [0.25, 0.3) is 5.91 Å². The van der Waals surface area contributed by atoms with Crippen molar-refractivity contribution in [1.29, 1.82) is 0 Å². The number of nitrogens with zero attached hydrogens (tertiary/aromatic N) is 4. The van der Waals surface area contributed by atoms with Gasteiger partial charge in [-0.05, 0) is 23.6 Å². The zero-order valence-electron chi connectivity index (χ0n) is 17.2. The topological polar surface area (TPSA) is 152 Å². The van der Waals surface area contributed by atoms with E-state index in [0.29, 0.717) is 22.7 Å². The van der Waals surface area contributed by atoms with Crippen LogP contribution in [-0.2, 0) is 11.3 Å². The molecular weight excluding hydrogens is 424 g/mol. The highest BCUT2D eigenvalue weighted by atomic mass is 16.3. The number of benzene rings is 3. The molecule has 10 heteroatoms. The van der Waals surface area contributed by atoms with Gasteiger partial charge in [0, 0.05) is 11.1 Å². The summed E-state index contributed by atoms with van der Waals surface area (Å²) in [6, 6.07) is 17.4. The minimum absolute atomic E-state index is 0.00671. The average molecular weight is 442 g/mol. The van der Waals surface area contributed by atoms with E-state index in [2.05, 4.69) is 20.6 Å². The fourth-order valence-corrected chi connectivity index (χ4v) is 3.26. The molecule has 0 fully saturated rings. The summed E-state index contributed by atoms with van der Waals surface area (Å²) in [5.41, 5.74) is 5.88. The molecule has 0 bridgehead atoms. The molecule has 0 spiro atoms. The fourth-order valence-electron chi connectivity index (χ4n) is 3.26. The van der Waals surface area contributed by atoms with Gasteiger partial charge in [-0.2, -0.15) is 5.10 Å². The summed E-state index contributed by atoms with van der Waals surface area (Å²) in [5, 5.41) is 26.9. The van der Waals surface area contributed by atoms with Crippen LogP contribution in [0.4, 0.5) is 17.2 Å². The number of hydrogen-bond acceptors (Lipinski definition) is 7. The minimum atomic E-state index is -0.681. The van der Waals surface area contributed by atoms with Crippen LogP contribution in [0.15, 0.2) is 77.1 Å². The Morgan fingerprint density at radius 2 is 1.82 bits per heavy atom. The first kappa shape index (κ1) is 21.4. The van der Waals surface area contributed by atoms with Crippen molar-refractivity contribution in [3.8, 4) is 5.75 Å². The fraction of sp³-hybridized carbons (Fsp3) is 0.0435.